The summed E-state index contributed by atoms with van der Waals surface area (Å²) in [7, 11) is -15.3. The summed E-state index contributed by atoms with van der Waals surface area (Å²) in [6.07, 6.45) is 0.0721. The van der Waals surface area contributed by atoms with E-state index in [9.17, 15) is 19.0 Å². The van der Waals surface area contributed by atoms with Gasteiger partial charge in [-0.1, -0.05) is 59.7 Å². The zero-order valence-electron chi connectivity index (χ0n) is 41.5. The fourth-order valence-corrected chi connectivity index (χ4v) is 13.9. The van der Waals surface area contributed by atoms with Crippen molar-refractivity contribution in [2.45, 2.75) is 127 Å². The van der Waals surface area contributed by atoms with Gasteiger partial charge in [0.1, 0.15) is 25.1 Å². The maximum absolute atomic E-state index is 15.5. The number of aromatic nitrogens is 8. The van der Waals surface area contributed by atoms with E-state index in [-0.39, 0.29) is 64.5 Å². The number of carbonyl (C=O) groups excluding carboxylic acids is 1. The van der Waals surface area contributed by atoms with Gasteiger partial charge in [-0.15, -0.1) is 0 Å². The largest absolute Gasteiger partial charge is 0.475 e. The second-order valence-electron chi connectivity index (χ2n) is 21.3. The average Bonchev–Trinajstić information content (AvgIpc) is 4.06. The van der Waals surface area contributed by atoms with Crippen molar-refractivity contribution in [1.29, 1.82) is 0 Å². The van der Waals surface area contributed by atoms with E-state index in [1.54, 1.807) is 39.5 Å². The summed E-state index contributed by atoms with van der Waals surface area (Å²) >= 11 is 0. The van der Waals surface area contributed by atoms with Gasteiger partial charge in [-0.2, -0.15) is 4.98 Å². The highest BCUT2D eigenvalue weighted by Gasteiger charge is 2.57. The van der Waals surface area contributed by atoms with Crippen LogP contribution in [0.2, 0.25) is 36.3 Å². The summed E-state index contributed by atoms with van der Waals surface area (Å²) in [6, 6.07) is 7.07. The Labute approximate surface area is 413 Å². The van der Waals surface area contributed by atoms with E-state index >= 15 is 4.57 Å². The fraction of sp³-hybridized carbons (Fsp3) is 0.591. The van der Waals surface area contributed by atoms with Crippen molar-refractivity contribution >= 4 is 72.3 Å². The minimum Gasteiger partial charge on any atom is -0.411 e. The Bertz CT molecular complexity index is 2970. The standard InChI is InChI=1S/C44H63N11O12P2Si2/c1-43(2,3)70(8,9)66-34-28-20-29(55-25-50-32-39(55)52-42(45)53-41(32)57)35(34)65-69(60,61-18-17-46-7)63-22-27-19-30(36(67-71(10,11)44(4,5)6)33(27)64-68(58,59)62-21-28)54-24-49-31-37(47-23-48-38(31)54)51-40(56)26-15-13-12-14-16-26/h12-16,23-25,27-30,33-36H,17-22H2,1-6,8-11H3,(H,58,59)(H3,45,52,53,57)(H,47,48,51,56)/t27-,28-,29-,30-,33-,34-,35+,36+,69?/m1/s1. The number of benzene rings is 1. The van der Waals surface area contributed by atoms with Gasteiger partial charge < -0.3 is 38.8 Å². The van der Waals surface area contributed by atoms with E-state index in [0.29, 0.717) is 11.2 Å². The zero-order valence-corrected chi connectivity index (χ0v) is 45.3. The van der Waals surface area contributed by atoms with E-state index in [0.717, 1.165) is 0 Å². The van der Waals surface area contributed by atoms with Gasteiger partial charge in [0.25, 0.3) is 11.5 Å². The Morgan fingerprint density at radius 3 is 2.15 bits per heavy atom. The predicted molar refractivity (Wildman–Crippen MR) is 267 cm³/mol. The molecule has 4 aromatic heterocycles. The summed E-state index contributed by atoms with van der Waals surface area (Å²) in [5.41, 5.74) is 6.54. The van der Waals surface area contributed by atoms with E-state index < -0.39 is 105 Å². The highest BCUT2D eigenvalue weighted by atomic mass is 31.2. The maximum atomic E-state index is 15.5. The Hall–Kier alpha value is -4.55. The molecular weight excluding hydrogens is 993 g/mol. The number of hydrogen-bond donors (Lipinski definition) is 4. The van der Waals surface area contributed by atoms with Gasteiger partial charge in [0, 0.05) is 17.4 Å². The Kier molecular flexibility index (Phi) is 14.6. The third kappa shape index (κ3) is 10.9. The van der Waals surface area contributed by atoms with Crippen molar-refractivity contribution in [1.82, 2.24) is 39.0 Å². The molecule has 1 aliphatic heterocycles. The molecule has 0 radical (unpaired) electrons. The number of aromatic amines is 1. The number of imidazole rings is 2. The SMILES string of the molecule is [C-]#[N+]CCOP1(=O)OC[C@H]2C[C@@H](n3cnc4c(NC(=O)c5ccccc5)ncnc43)[C@H](O[Si](C)(C)C(C)(C)C)[C@@H]2OP(=O)(O)OC[C@H]2C[C@@H](n3cnc4c(=O)[nH]c(N)nc43)[C@H](O1)[C@@H]2O[Si](C)(C)C(C)(C)C. The average molecular weight is 1060 g/mol. The van der Waals surface area contributed by atoms with Gasteiger partial charge in [0.05, 0.1) is 50.2 Å². The molecule has 2 bridgehead atoms. The van der Waals surface area contributed by atoms with Crippen molar-refractivity contribution < 1.29 is 50.3 Å². The van der Waals surface area contributed by atoms with Crippen LogP contribution in [-0.2, 0) is 40.6 Å². The monoisotopic (exact) mass is 1060 g/mol. The summed E-state index contributed by atoms with van der Waals surface area (Å²) in [4.78, 5) is 66.4. The first kappa shape index (κ1) is 52.8. The summed E-state index contributed by atoms with van der Waals surface area (Å²) < 4.78 is 79.2. The molecule has 2 unspecified atom stereocenters. The first-order valence-corrected chi connectivity index (χ1v) is 32.2. The molecule has 3 fully saturated rings. The number of nitrogen functional groups attached to an aromatic ring is 1. The fourth-order valence-electron chi connectivity index (χ4n) is 8.77. The molecule has 3 aliphatic rings. The lowest BCUT2D eigenvalue weighted by Gasteiger charge is -2.41. The predicted octanol–water partition coefficient (Wildman–Crippen LogP) is 7.66. The molecule has 8 rings (SSSR count). The number of amides is 1. The van der Waals surface area contributed by atoms with Crippen LogP contribution in [0, 0.1) is 18.4 Å². The zero-order chi connectivity index (χ0) is 51.5. The smallest absolute Gasteiger partial charge is 0.411 e. The minimum absolute atomic E-state index is 0.0171. The van der Waals surface area contributed by atoms with Crippen molar-refractivity contribution in [2.75, 3.05) is 37.4 Å². The minimum atomic E-state index is -5.03. The molecule has 5 N–H and O–H groups in total. The quantitative estimate of drug-likeness (QED) is 0.0427. The number of nitrogens with one attached hydrogen (secondary N) is 2. The molecule has 1 saturated heterocycles. The lowest BCUT2D eigenvalue weighted by Crippen LogP contribution is -2.49. The molecule has 5 heterocycles. The Balaban J connectivity index is 1.22. The number of carbonyl (C=O) groups is 1. The van der Waals surface area contributed by atoms with E-state index in [1.807, 2.05) is 47.0 Å². The molecule has 27 heteroatoms. The van der Waals surface area contributed by atoms with Crippen LogP contribution in [0.4, 0.5) is 11.8 Å². The highest BCUT2D eigenvalue weighted by Crippen LogP contribution is 2.60. The van der Waals surface area contributed by atoms with Gasteiger partial charge in [0.15, 0.2) is 44.8 Å². The third-order valence-electron chi connectivity index (χ3n) is 14.5. The van der Waals surface area contributed by atoms with Crippen LogP contribution in [0.25, 0.3) is 27.2 Å². The van der Waals surface area contributed by atoms with E-state index in [1.165, 1.54) is 19.0 Å². The summed E-state index contributed by atoms with van der Waals surface area (Å²) in [5.74, 6) is -2.02. The molecule has 1 aromatic carbocycles. The molecule has 71 heavy (non-hydrogen) atoms. The molecule has 384 valence electrons. The highest BCUT2D eigenvalue weighted by molar-refractivity contribution is 7.48. The van der Waals surface area contributed by atoms with Gasteiger partial charge in [-0.25, -0.2) is 35.6 Å². The molecular formula is C44H63N11O12P2Si2. The van der Waals surface area contributed by atoms with Crippen LogP contribution in [0.15, 0.2) is 54.1 Å². The van der Waals surface area contributed by atoms with Crippen molar-refractivity contribution in [2.24, 2.45) is 11.8 Å². The molecule has 0 spiro atoms. The lowest BCUT2D eigenvalue weighted by atomic mass is 10.1. The van der Waals surface area contributed by atoms with Gasteiger partial charge >= 0.3 is 15.6 Å². The molecule has 1 amide bonds. The number of nitrogens with two attached hydrogens (primary N) is 1. The molecule has 2 saturated carbocycles. The number of H-pyrrole nitrogens is 1. The second-order valence-corrected chi connectivity index (χ2v) is 33.9. The van der Waals surface area contributed by atoms with E-state index in [4.69, 9.17) is 43.8 Å². The van der Waals surface area contributed by atoms with Crippen molar-refractivity contribution in [3.8, 4) is 0 Å². The van der Waals surface area contributed by atoms with Crippen LogP contribution in [0.5, 0.6) is 0 Å². The number of phosphoric ester groups is 2. The first-order chi connectivity index (χ1) is 33.2. The Morgan fingerprint density at radius 2 is 1.49 bits per heavy atom. The normalized spacial score (nSPS) is 29.0. The van der Waals surface area contributed by atoms with Crippen LogP contribution in [-0.4, -0.2) is 117 Å². The second kappa shape index (κ2) is 19.7. The third-order valence-corrected chi connectivity index (χ3v) is 25.9. The number of hydrogen-bond acceptors (Lipinski definition) is 17. The number of fused-ring (bicyclic) bond motifs is 5. The number of rotatable bonds is 11. The molecule has 5 aromatic rings. The van der Waals surface area contributed by atoms with Gasteiger partial charge in [-0.05, 0) is 61.2 Å². The van der Waals surface area contributed by atoms with E-state index in [2.05, 4.69) is 60.8 Å². The van der Waals surface area contributed by atoms with Crippen LogP contribution >= 0.6 is 15.6 Å². The lowest BCUT2D eigenvalue weighted by molar-refractivity contribution is -0.0108. The number of anilines is 2. The van der Waals surface area contributed by atoms with Crippen molar-refractivity contribution in [3.63, 3.8) is 0 Å². The summed E-state index contributed by atoms with van der Waals surface area (Å²) in [6.45, 7) is 26.6. The number of nitrogens with zero attached hydrogens (tertiary/aromatic N) is 8. The molecule has 23 nitrogen and oxygen atoms in total. The molecule has 10 atom stereocenters. The van der Waals surface area contributed by atoms with Crippen molar-refractivity contribution in [3.05, 3.63) is 76.6 Å². The summed E-state index contributed by atoms with van der Waals surface area (Å²) in [5, 5.41) is 2.13. The number of phosphoric acid groups is 2. The Morgan fingerprint density at radius 1 is 0.873 bits per heavy atom. The van der Waals surface area contributed by atoms with Gasteiger partial charge in [-0.3, -0.25) is 37.2 Å². The molecule has 2 aliphatic carbocycles. The van der Waals surface area contributed by atoms with Crippen LogP contribution < -0.4 is 16.6 Å². The first-order valence-electron chi connectivity index (χ1n) is 23.4. The van der Waals surface area contributed by atoms with Crippen LogP contribution in [0.1, 0.15) is 76.8 Å². The van der Waals surface area contributed by atoms with Gasteiger partial charge in [0.2, 0.25) is 12.5 Å². The van der Waals surface area contributed by atoms with Crippen LogP contribution in [0.3, 0.4) is 0 Å². The maximum Gasteiger partial charge on any atom is 0.475 e. The topological polar surface area (TPSA) is 286 Å².